The van der Waals surface area contributed by atoms with Gasteiger partial charge in [0.15, 0.2) is 5.82 Å². The van der Waals surface area contributed by atoms with Crippen molar-refractivity contribution >= 4 is 17.2 Å². The lowest BCUT2D eigenvalue weighted by Crippen LogP contribution is -2.29. The Morgan fingerprint density at radius 2 is 1.97 bits per heavy atom. The highest BCUT2D eigenvalue weighted by Crippen LogP contribution is 2.23. The van der Waals surface area contributed by atoms with Crippen LogP contribution in [-0.2, 0) is 0 Å². The van der Waals surface area contributed by atoms with E-state index >= 15 is 0 Å². The zero-order valence-corrected chi connectivity index (χ0v) is 15.5. The molecule has 3 heterocycles. The largest absolute Gasteiger partial charge is 0.382 e. The molecule has 0 saturated carbocycles. The van der Waals surface area contributed by atoms with Gasteiger partial charge in [0.05, 0.1) is 11.7 Å². The summed E-state index contributed by atoms with van der Waals surface area (Å²) < 4.78 is 30.2. The first kappa shape index (κ1) is 19.0. The highest BCUT2D eigenvalue weighted by atomic mass is 19.1. The predicted octanol–water partition coefficient (Wildman–Crippen LogP) is 2.18. The Labute approximate surface area is 168 Å². The van der Waals surface area contributed by atoms with Crippen molar-refractivity contribution in [2.45, 2.75) is 13.0 Å². The zero-order chi connectivity index (χ0) is 21.4. The number of benzene rings is 1. The summed E-state index contributed by atoms with van der Waals surface area (Å²) in [6, 6.07) is 7.15. The number of nitrogens with zero attached hydrogens (tertiary/aromatic N) is 6. The quantitative estimate of drug-likeness (QED) is 0.530. The second-order valence-corrected chi connectivity index (χ2v) is 6.42. The maximum Gasteiger partial charge on any atom is 0.282 e. The van der Waals surface area contributed by atoms with Crippen LogP contribution in [0.15, 0.2) is 47.7 Å². The van der Waals surface area contributed by atoms with Crippen molar-refractivity contribution in [3.8, 4) is 11.8 Å². The molecule has 9 nitrogen and oxygen atoms in total. The van der Waals surface area contributed by atoms with Crippen molar-refractivity contribution in [2.24, 2.45) is 0 Å². The molecule has 1 atom stereocenters. The number of nitriles is 1. The van der Waals surface area contributed by atoms with E-state index < -0.39 is 23.2 Å². The average molecular weight is 408 g/mol. The maximum absolute atomic E-state index is 13.9. The van der Waals surface area contributed by atoms with E-state index in [4.69, 9.17) is 5.73 Å². The molecule has 11 heteroatoms. The van der Waals surface area contributed by atoms with Gasteiger partial charge in [-0.15, -0.1) is 0 Å². The summed E-state index contributed by atoms with van der Waals surface area (Å²) in [6.07, 6.45) is 2.76. The standard InChI is InChI=1S/C19H14F2N8O/c1-10(26-17-14(8-22)16(23)24-9-25-17)18-27-28-4-2-3-15(28)19(30)29(18)13-6-11(20)5-12(21)7-13/h2-7,9-10H,1H3,(H3,23,24,25,26)/t10-/m0/s1. The fourth-order valence-corrected chi connectivity index (χ4v) is 3.09. The lowest BCUT2D eigenvalue weighted by Gasteiger charge is -2.20. The summed E-state index contributed by atoms with van der Waals surface area (Å²) in [5, 5.41) is 16.7. The molecule has 0 aliphatic heterocycles. The SMILES string of the molecule is C[C@H](Nc1ncnc(N)c1C#N)c1nn2cccc2c(=O)n1-c1cc(F)cc(F)c1. The predicted molar refractivity (Wildman–Crippen MR) is 104 cm³/mol. The summed E-state index contributed by atoms with van der Waals surface area (Å²) in [6.45, 7) is 1.66. The molecule has 150 valence electrons. The Bertz CT molecular complexity index is 1350. The van der Waals surface area contributed by atoms with Crippen LogP contribution in [0.2, 0.25) is 0 Å². The van der Waals surface area contributed by atoms with E-state index in [1.54, 1.807) is 25.3 Å². The molecule has 0 unspecified atom stereocenters. The molecular formula is C19H14F2N8O. The summed E-state index contributed by atoms with van der Waals surface area (Å²) in [4.78, 5) is 20.9. The monoisotopic (exact) mass is 408 g/mol. The van der Waals surface area contributed by atoms with E-state index in [2.05, 4.69) is 20.4 Å². The molecule has 0 amide bonds. The van der Waals surface area contributed by atoms with Crippen LogP contribution in [0.1, 0.15) is 24.4 Å². The second kappa shape index (κ2) is 7.25. The molecule has 3 aromatic heterocycles. The number of rotatable bonds is 4. The molecule has 4 aromatic rings. The molecule has 0 fully saturated rings. The molecular weight excluding hydrogens is 394 g/mol. The third-order valence-corrected chi connectivity index (χ3v) is 4.42. The van der Waals surface area contributed by atoms with E-state index in [1.807, 2.05) is 6.07 Å². The number of nitrogens with one attached hydrogen (secondary N) is 1. The fourth-order valence-electron chi connectivity index (χ4n) is 3.09. The molecule has 1 aromatic carbocycles. The average Bonchev–Trinajstić information content (AvgIpc) is 3.16. The minimum absolute atomic E-state index is 0.0133. The summed E-state index contributed by atoms with van der Waals surface area (Å²) in [5.74, 6) is -1.42. The van der Waals surface area contributed by atoms with Gasteiger partial charge in [-0.3, -0.25) is 9.36 Å². The maximum atomic E-state index is 13.9. The van der Waals surface area contributed by atoms with Gasteiger partial charge < -0.3 is 11.1 Å². The highest BCUT2D eigenvalue weighted by molar-refractivity contribution is 5.62. The van der Waals surface area contributed by atoms with Crippen LogP contribution < -0.4 is 16.6 Å². The third-order valence-electron chi connectivity index (χ3n) is 4.42. The lowest BCUT2D eigenvalue weighted by atomic mass is 10.2. The summed E-state index contributed by atoms with van der Waals surface area (Å²) in [7, 11) is 0. The van der Waals surface area contributed by atoms with E-state index in [0.29, 0.717) is 6.07 Å². The normalized spacial score (nSPS) is 11.9. The Kier molecular flexibility index (Phi) is 4.59. The van der Waals surface area contributed by atoms with Gasteiger partial charge in [0.2, 0.25) is 0 Å². The van der Waals surface area contributed by atoms with Crippen LogP contribution in [0.5, 0.6) is 0 Å². The van der Waals surface area contributed by atoms with Gasteiger partial charge in [-0.1, -0.05) is 0 Å². The summed E-state index contributed by atoms with van der Waals surface area (Å²) in [5.41, 5.74) is 5.41. The molecule has 0 spiro atoms. The Morgan fingerprint density at radius 1 is 1.23 bits per heavy atom. The Morgan fingerprint density at radius 3 is 2.67 bits per heavy atom. The zero-order valence-electron chi connectivity index (χ0n) is 15.5. The number of hydrogen-bond acceptors (Lipinski definition) is 7. The number of halogens is 2. The summed E-state index contributed by atoms with van der Waals surface area (Å²) >= 11 is 0. The molecule has 0 radical (unpaired) electrons. The van der Waals surface area contributed by atoms with Crippen LogP contribution >= 0.6 is 0 Å². The number of anilines is 2. The van der Waals surface area contributed by atoms with E-state index in [0.717, 1.165) is 16.7 Å². The molecule has 0 bridgehead atoms. The molecule has 4 rings (SSSR count). The lowest BCUT2D eigenvalue weighted by molar-refractivity contribution is 0.578. The van der Waals surface area contributed by atoms with Gasteiger partial charge in [0.25, 0.3) is 5.56 Å². The van der Waals surface area contributed by atoms with Gasteiger partial charge >= 0.3 is 0 Å². The van der Waals surface area contributed by atoms with Crippen molar-refractivity contribution in [2.75, 3.05) is 11.1 Å². The molecule has 0 saturated heterocycles. The van der Waals surface area contributed by atoms with Gasteiger partial charge in [-0.05, 0) is 31.2 Å². The number of hydrogen-bond donors (Lipinski definition) is 2. The fraction of sp³-hybridized carbons (Fsp3) is 0.105. The van der Waals surface area contributed by atoms with E-state index in [1.165, 1.54) is 10.8 Å². The van der Waals surface area contributed by atoms with Crippen LogP contribution in [0, 0.1) is 23.0 Å². The minimum Gasteiger partial charge on any atom is -0.382 e. The van der Waals surface area contributed by atoms with Gasteiger partial charge in [0.1, 0.15) is 46.7 Å². The van der Waals surface area contributed by atoms with Crippen molar-refractivity contribution < 1.29 is 8.78 Å². The smallest absolute Gasteiger partial charge is 0.282 e. The number of nitrogens with two attached hydrogens (primary N) is 1. The van der Waals surface area contributed by atoms with Crippen LogP contribution in [0.3, 0.4) is 0 Å². The van der Waals surface area contributed by atoms with Crippen molar-refractivity contribution in [3.05, 3.63) is 76.2 Å². The highest BCUT2D eigenvalue weighted by Gasteiger charge is 2.21. The molecule has 0 aliphatic carbocycles. The number of fused-ring (bicyclic) bond motifs is 1. The third kappa shape index (κ3) is 3.20. The van der Waals surface area contributed by atoms with E-state index in [9.17, 15) is 18.8 Å². The van der Waals surface area contributed by atoms with E-state index in [-0.39, 0.29) is 34.2 Å². The molecule has 3 N–H and O–H groups in total. The Hall–Kier alpha value is -4.33. The van der Waals surface area contributed by atoms with Crippen molar-refractivity contribution in [3.63, 3.8) is 0 Å². The molecule has 0 aliphatic rings. The first-order chi connectivity index (χ1) is 14.4. The van der Waals surface area contributed by atoms with Crippen molar-refractivity contribution in [1.82, 2.24) is 24.1 Å². The Balaban J connectivity index is 1.91. The van der Waals surface area contributed by atoms with Gasteiger partial charge in [-0.2, -0.15) is 10.4 Å². The van der Waals surface area contributed by atoms with Crippen LogP contribution in [-0.4, -0.2) is 24.1 Å². The first-order valence-electron chi connectivity index (χ1n) is 8.73. The van der Waals surface area contributed by atoms with Crippen LogP contribution in [0.25, 0.3) is 11.2 Å². The van der Waals surface area contributed by atoms with Crippen molar-refractivity contribution in [1.29, 1.82) is 5.26 Å². The van der Waals surface area contributed by atoms with Crippen LogP contribution in [0.4, 0.5) is 20.4 Å². The number of aromatic nitrogens is 5. The van der Waals surface area contributed by atoms with Gasteiger partial charge in [0, 0.05) is 12.3 Å². The molecule has 30 heavy (non-hydrogen) atoms. The van der Waals surface area contributed by atoms with Gasteiger partial charge in [-0.25, -0.2) is 23.3 Å². The first-order valence-corrected chi connectivity index (χ1v) is 8.73. The topological polar surface area (TPSA) is 127 Å². The minimum atomic E-state index is -0.839. The number of nitrogen functional groups attached to an aromatic ring is 1. The second-order valence-electron chi connectivity index (χ2n) is 6.42.